The summed E-state index contributed by atoms with van der Waals surface area (Å²) in [6, 6.07) is 7.39. The van der Waals surface area contributed by atoms with Gasteiger partial charge in [0, 0.05) is 36.8 Å². The van der Waals surface area contributed by atoms with Crippen molar-refractivity contribution >= 4 is 52.0 Å². The number of primary amides is 1. The van der Waals surface area contributed by atoms with E-state index in [9.17, 15) is 14.4 Å². The molecule has 0 aliphatic carbocycles. The second-order valence-corrected chi connectivity index (χ2v) is 6.13. The summed E-state index contributed by atoms with van der Waals surface area (Å²) in [5, 5.41) is 0.971. The lowest BCUT2D eigenvalue weighted by molar-refractivity contribution is -0.132. The molecule has 0 radical (unpaired) electrons. The van der Waals surface area contributed by atoms with Gasteiger partial charge >= 0.3 is 0 Å². The molecule has 2 aromatic rings. The van der Waals surface area contributed by atoms with Crippen LogP contribution in [0.25, 0.3) is 17.0 Å². The predicted molar refractivity (Wildman–Crippen MR) is 97.2 cm³/mol. The van der Waals surface area contributed by atoms with E-state index in [1.165, 1.54) is 30.0 Å². The number of aromatic nitrogens is 1. The lowest BCUT2D eigenvalue weighted by Crippen LogP contribution is -2.52. The Bertz CT molecular complexity index is 934. The topological polar surface area (TPSA) is 88.6 Å². The molecule has 1 aromatic heterocycles. The average Bonchev–Trinajstić information content (AvgIpc) is 2.92. The minimum atomic E-state index is -0.477. The summed E-state index contributed by atoms with van der Waals surface area (Å²) < 4.78 is 1.69. The van der Waals surface area contributed by atoms with Crippen LogP contribution >= 0.6 is 12.2 Å². The molecule has 1 fully saturated rings. The fourth-order valence-electron chi connectivity index (χ4n) is 2.82. The van der Waals surface area contributed by atoms with Crippen molar-refractivity contribution in [3.8, 4) is 0 Å². The van der Waals surface area contributed by atoms with Crippen molar-refractivity contribution in [1.82, 2.24) is 14.4 Å². The Morgan fingerprint density at radius 1 is 1.16 bits per heavy atom. The lowest BCUT2D eigenvalue weighted by atomic mass is 10.1. The van der Waals surface area contributed by atoms with Gasteiger partial charge in [-0.15, -0.1) is 0 Å². The van der Waals surface area contributed by atoms with E-state index in [0.29, 0.717) is 5.56 Å². The fraction of sp³-hybridized carbons (Fsp3) is 0.176. The molecular formula is C17H16N4O3S. The lowest BCUT2D eigenvalue weighted by Gasteiger charge is -2.31. The average molecular weight is 356 g/mol. The van der Waals surface area contributed by atoms with Gasteiger partial charge in [-0.05, 0) is 24.4 Å². The van der Waals surface area contributed by atoms with Crippen molar-refractivity contribution in [2.75, 3.05) is 14.1 Å². The van der Waals surface area contributed by atoms with Gasteiger partial charge in [0.05, 0.1) is 0 Å². The molecule has 0 unspecified atom stereocenters. The van der Waals surface area contributed by atoms with Crippen LogP contribution in [-0.2, 0) is 20.9 Å². The number of nitrogens with two attached hydrogens (primary N) is 1. The predicted octanol–water partition coefficient (Wildman–Crippen LogP) is 0.725. The van der Waals surface area contributed by atoms with Gasteiger partial charge in [0.15, 0.2) is 5.11 Å². The van der Waals surface area contributed by atoms with Crippen LogP contribution in [0.2, 0.25) is 0 Å². The summed E-state index contributed by atoms with van der Waals surface area (Å²) in [4.78, 5) is 38.7. The molecular weight excluding hydrogens is 340 g/mol. The number of likely N-dealkylation sites (N-methyl/N-ethyl adjacent to an activating group) is 2. The SMILES string of the molecule is CN1C(=O)C(=Cc2cn(CC(N)=O)c3ccccc23)C(=O)N(C)C1=S. The van der Waals surface area contributed by atoms with Crippen molar-refractivity contribution in [1.29, 1.82) is 0 Å². The van der Waals surface area contributed by atoms with E-state index in [-0.39, 0.29) is 17.2 Å². The Balaban J connectivity index is 2.15. The number of benzene rings is 1. The Labute approximate surface area is 149 Å². The molecule has 1 aliphatic rings. The monoisotopic (exact) mass is 356 g/mol. The number of amides is 3. The van der Waals surface area contributed by atoms with Crippen molar-refractivity contribution in [3.05, 3.63) is 41.6 Å². The highest BCUT2D eigenvalue weighted by Crippen LogP contribution is 2.25. The van der Waals surface area contributed by atoms with Crippen molar-refractivity contribution in [2.24, 2.45) is 5.73 Å². The Morgan fingerprint density at radius 3 is 2.36 bits per heavy atom. The number of hydrogen-bond acceptors (Lipinski definition) is 4. The molecule has 2 N–H and O–H groups in total. The minimum absolute atomic E-state index is 0.00940. The van der Waals surface area contributed by atoms with Crippen LogP contribution in [-0.4, -0.2) is 51.3 Å². The normalized spacial score (nSPS) is 15.3. The maximum Gasteiger partial charge on any atom is 0.265 e. The number of thiocarbonyl (C=S) groups is 1. The number of hydrogen-bond donors (Lipinski definition) is 1. The Kier molecular flexibility index (Phi) is 4.13. The third-order valence-corrected chi connectivity index (χ3v) is 4.64. The molecule has 1 aromatic carbocycles. The second kappa shape index (κ2) is 6.14. The van der Waals surface area contributed by atoms with Gasteiger partial charge in [-0.1, -0.05) is 18.2 Å². The number of rotatable bonds is 3. The molecule has 1 saturated heterocycles. The van der Waals surface area contributed by atoms with Gasteiger partial charge in [0.2, 0.25) is 5.91 Å². The molecule has 0 bridgehead atoms. The van der Waals surface area contributed by atoms with Gasteiger partial charge in [-0.25, -0.2) is 0 Å². The van der Waals surface area contributed by atoms with Gasteiger partial charge in [-0.3, -0.25) is 24.2 Å². The molecule has 0 atom stereocenters. The summed E-state index contributed by atoms with van der Waals surface area (Å²) in [6.07, 6.45) is 3.23. The minimum Gasteiger partial charge on any atom is -0.368 e. The van der Waals surface area contributed by atoms with Crippen molar-refractivity contribution in [3.63, 3.8) is 0 Å². The first-order valence-corrected chi connectivity index (χ1v) is 7.90. The Hall–Kier alpha value is -3.00. The van der Waals surface area contributed by atoms with Crippen LogP contribution in [0.3, 0.4) is 0 Å². The van der Waals surface area contributed by atoms with E-state index in [4.69, 9.17) is 18.0 Å². The first-order valence-electron chi connectivity index (χ1n) is 7.49. The smallest absolute Gasteiger partial charge is 0.265 e. The summed E-state index contributed by atoms with van der Waals surface area (Å²) in [7, 11) is 3.05. The zero-order valence-corrected chi connectivity index (χ0v) is 14.5. The number of para-hydroxylation sites is 1. The third-order valence-electron chi connectivity index (χ3n) is 4.09. The van der Waals surface area contributed by atoms with Crippen molar-refractivity contribution < 1.29 is 14.4 Å². The molecule has 1 aliphatic heterocycles. The summed E-state index contributed by atoms with van der Waals surface area (Å²) in [5.41, 5.74) is 6.76. The molecule has 7 nitrogen and oxygen atoms in total. The zero-order valence-electron chi connectivity index (χ0n) is 13.7. The number of nitrogens with zero attached hydrogens (tertiary/aromatic N) is 3. The quantitative estimate of drug-likeness (QED) is 0.499. The van der Waals surface area contributed by atoms with Crippen molar-refractivity contribution in [2.45, 2.75) is 6.54 Å². The summed E-state index contributed by atoms with van der Waals surface area (Å²) in [5.74, 6) is -1.39. The van der Waals surface area contributed by atoms with E-state index >= 15 is 0 Å². The van der Waals surface area contributed by atoms with E-state index in [0.717, 1.165) is 10.9 Å². The van der Waals surface area contributed by atoms with Crippen LogP contribution in [0, 0.1) is 0 Å². The molecule has 3 rings (SSSR count). The summed E-state index contributed by atoms with van der Waals surface area (Å²) in [6.45, 7) is 0.00940. The third kappa shape index (κ3) is 2.80. The molecule has 2 heterocycles. The Morgan fingerprint density at radius 2 is 1.76 bits per heavy atom. The van der Waals surface area contributed by atoms with E-state index in [2.05, 4.69) is 0 Å². The van der Waals surface area contributed by atoms with Gasteiger partial charge in [0.25, 0.3) is 11.8 Å². The highest BCUT2D eigenvalue weighted by Gasteiger charge is 2.35. The first-order chi connectivity index (χ1) is 11.8. The molecule has 128 valence electrons. The van der Waals surface area contributed by atoms with E-state index in [1.54, 1.807) is 10.8 Å². The fourth-order valence-corrected chi connectivity index (χ4v) is 2.99. The molecule has 0 spiro atoms. The highest BCUT2D eigenvalue weighted by molar-refractivity contribution is 7.80. The van der Waals surface area contributed by atoms with E-state index in [1.807, 2.05) is 24.3 Å². The highest BCUT2D eigenvalue weighted by atomic mass is 32.1. The first kappa shape index (κ1) is 16.8. The number of carbonyl (C=O) groups excluding carboxylic acids is 3. The zero-order chi connectivity index (χ0) is 18.3. The van der Waals surface area contributed by atoms with Gasteiger partial charge < -0.3 is 10.3 Å². The summed E-state index contributed by atoms with van der Waals surface area (Å²) >= 11 is 5.08. The molecule has 3 amide bonds. The van der Waals surface area contributed by atoms with Crippen LogP contribution in [0.5, 0.6) is 0 Å². The molecule has 25 heavy (non-hydrogen) atoms. The molecule has 8 heteroatoms. The molecule has 0 saturated carbocycles. The van der Waals surface area contributed by atoms with Crippen LogP contribution in [0.4, 0.5) is 0 Å². The standard InChI is InChI=1S/C17H16N4O3S/c1-19-15(23)12(16(24)20(2)17(19)25)7-10-8-21(9-14(18)22)13-6-4-3-5-11(10)13/h3-8H,9H2,1-2H3,(H2,18,22). The van der Waals surface area contributed by atoms with Gasteiger partial charge in [-0.2, -0.15) is 0 Å². The number of carbonyl (C=O) groups is 3. The van der Waals surface area contributed by atoms with E-state index < -0.39 is 17.7 Å². The maximum absolute atomic E-state index is 12.5. The van der Waals surface area contributed by atoms with Crippen LogP contribution in [0.1, 0.15) is 5.56 Å². The van der Waals surface area contributed by atoms with Crippen LogP contribution < -0.4 is 5.73 Å². The van der Waals surface area contributed by atoms with Gasteiger partial charge in [0.1, 0.15) is 12.1 Å². The van der Waals surface area contributed by atoms with Crippen LogP contribution in [0.15, 0.2) is 36.0 Å². The largest absolute Gasteiger partial charge is 0.368 e. The maximum atomic E-state index is 12.5. The number of fused-ring (bicyclic) bond motifs is 1. The second-order valence-electron chi connectivity index (χ2n) is 5.76.